The van der Waals surface area contributed by atoms with E-state index >= 15 is 0 Å². The number of benzene rings is 2. The van der Waals surface area contributed by atoms with Crippen LogP contribution in [0.2, 0.25) is 0 Å². The van der Waals surface area contributed by atoms with E-state index < -0.39 is 33.9 Å². The Morgan fingerprint density at radius 2 is 1.74 bits per heavy atom. The number of nitrogens with one attached hydrogen (secondary N) is 1. The lowest BCUT2D eigenvalue weighted by atomic mass is 10.1. The second-order valence-electron chi connectivity index (χ2n) is 8.32. The van der Waals surface area contributed by atoms with E-state index in [1.165, 1.54) is 6.92 Å². The fraction of sp³-hybridized carbons (Fsp3) is 0.333. The van der Waals surface area contributed by atoms with E-state index in [1.807, 2.05) is 30.3 Å². The second-order valence-corrected chi connectivity index (χ2v) is 10.5. The molecule has 184 valence electrons. The first-order valence-corrected chi connectivity index (χ1v) is 13.0. The van der Waals surface area contributed by atoms with Crippen LogP contribution in [0, 0.1) is 0 Å². The molecule has 11 heteroatoms. The first-order chi connectivity index (χ1) is 16.7. The average Bonchev–Trinajstić information content (AvgIpc) is 3.20. The summed E-state index contributed by atoms with van der Waals surface area (Å²) in [4.78, 5) is 37.3. The van der Waals surface area contributed by atoms with Crippen LogP contribution in [0.5, 0.6) is 11.5 Å². The third kappa shape index (κ3) is 6.24. The van der Waals surface area contributed by atoms with Crippen LogP contribution in [0.3, 0.4) is 0 Å². The topological polar surface area (TPSA) is 131 Å². The number of hydrogen-bond acceptors (Lipinski definition) is 8. The van der Waals surface area contributed by atoms with Crippen LogP contribution in [0.25, 0.3) is 0 Å². The molecule has 0 aliphatic carbocycles. The van der Waals surface area contributed by atoms with Crippen LogP contribution < -0.4 is 10.1 Å². The highest BCUT2D eigenvalue weighted by atomic mass is 32.2. The number of nitrogens with zero attached hydrogens (tertiary/aromatic N) is 2. The highest BCUT2D eigenvalue weighted by Crippen LogP contribution is 2.24. The molecule has 2 aromatic rings. The number of para-hydroxylation sites is 1. The van der Waals surface area contributed by atoms with Gasteiger partial charge in [0, 0.05) is 18.5 Å². The Balaban J connectivity index is 1.32. The van der Waals surface area contributed by atoms with E-state index in [0.29, 0.717) is 17.2 Å². The number of sulfone groups is 1. The first-order valence-electron chi connectivity index (χ1n) is 11.1. The number of hydrazone groups is 1. The molecule has 1 fully saturated rings. The molecule has 0 aromatic heterocycles. The number of anilines is 1. The summed E-state index contributed by atoms with van der Waals surface area (Å²) in [7, 11) is -3.22. The lowest BCUT2D eigenvalue weighted by Gasteiger charge is -2.27. The number of hydrogen-bond donors (Lipinski definition) is 1. The summed E-state index contributed by atoms with van der Waals surface area (Å²) in [5, 5.41) is 7.81. The van der Waals surface area contributed by atoms with Gasteiger partial charge in [-0.3, -0.25) is 9.59 Å². The van der Waals surface area contributed by atoms with Crippen molar-refractivity contribution in [2.45, 2.75) is 38.3 Å². The highest BCUT2D eigenvalue weighted by Gasteiger charge is 2.37. The standard InChI is InChI=1S/C24H25N3O7S/c1-16(23(29)25-17-7-9-20(10-8-17)34-19-5-3-2-4-6-19)33-24(30)21-11-12-22(28)27(26-21)18-13-14-35(31,32)15-18/h2-10,16,18H,11-15H2,1H3,(H,25,29)/t16-,18-/m1/s1. The lowest BCUT2D eigenvalue weighted by molar-refractivity contribution is -0.147. The molecule has 1 N–H and O–H groups in total. The third-order valence-corrected chi connectivity index (χ3v) is 7.35. The van der Waals surface area contributed by atoms with E-state index in [-0.39, 0.29) is 42.4 Å². The maximum absolute atomic E-state index is 12.6. The van der Waals surface area contributed by atoms with Gasteiger partial charge in [0.1, 0.15) is 17.2 Å². The smallest absolute Gasteiger partial charge is 0.355 e. The fourth-order valence-electron chi connectivity index (χ4n) is 3.73. The molecule has 2 amide bonds. The van der Waals surface area contributed by atoms with E-state index in [4.69, 9.17) is 9.47 Å². The second kappa shape index (κ2) is 10.3. The lowest BCUT2D eigenvalue weighted by Crippen LogP contribution is -2.42. The van der Waals surface area contributed by atoms with Gasteiger partial charge >= 0.3 is 5.97 Å². The van der Waals surface area contributed by atoms with Gasteiger partial charge in [-0.2, -0.15) is 5.10 Å². The van der Waals surface area contributed by atoms with Gasteiger partial charge in [-0.25, -0.2) is 18.2 Å². The van der Waals surface area contributed by atoms with Crippen LogP contribution in [-0.4, -0.2) is 60.6 Å². The van der Waals surface area contributed by atoms with Crippen LogP contribution in [-0.2, 0) is 29.0 Å². The van der Waals surface area contributed by atoms with Crippen molar-refractivity contribution in [1.29, 1.82) is 0 Å². The molecular formula is C24H25N3O7S. The number of amides is 2. The van der Waals surface area contributed by atoms with Gasteiger partial charge in [-0.1, -0.05) is 18.2 Å². The molecule has 0 spiro atoms. The van der Waals surface area contributed by atoms with E-state index in [2.05, 4.69) is 10.4 Å². The van der Waals surface area contributed by atoms with Gasteiger partial charge in [0.25, 0.3) is 5.91 Å². The Kier molecular flexibility index (Phi) is 7.15. The van der Waals surface area contributed by atoms with Crippen molar-refractivity contribution < 1.29 is 32.3 Å². The van der Waals surface area contributed by atoms with Gasteiger partial charge in [-0.05, 0) is 49.7 Å². The van der Waals surface area contributed by atoms with Crippen LogP contribution >= 0.6 is 0 Å². The summed E-state index contributed by atoms with van der Waals surface area (Å²) in [5.74, 6) is -0.622. The number of carbonyl (C=O) groups excluding carboxylic acids is 3. The Labute approximate surface area is 202 Å². The highest BCUT2D eigenvalue weighted by molar-refractivity contribution is 7.91. The minimum atomic E-state index is -3.22. The SMILES string of the molecule is C[C@@H](OC(=O)C1=NN([C@@H]2CCS(=O)(=O)C2)C(=O)CC1)C(=O)Nc1ccc(Oc2ccccc2)cc1. The predicted molar refractivity (Wildman–Crippen MR) is 128 cm³/mol. The van der Waals surface area contributed by atoms with E-state index in [9.17, 15) is 22.8 Å². The molecule has 2 aromatic carbocycles. The van der Waals surface area contributed by atoms with Gasteiger partial charge in [0.05, 0.1) is 17.5 Å². The van der Waals surface area contributed by atoms with Crippen molar-refractivity contribution in [3.05, 3.63) is 54.6 Å². The van der Waals surface area contributed by atoms with Crippen molar-refractivity contribution in [3.8, 4) is 11.5 Å². The largest absolute Gasteiger partial charge is 0.457 e. The molecule has 2 heterocycles. The van der Waals surface area contributed by atoms with Crippen molar-refractivity contribution in [1.82, 2.24) is 5.01 Å². The quantitative estimate of drug-likeness (QED) is 0.579. The normalized spacial score (nSPS) is 20.0. The first kappa shape index (κ1) is 24.4. The number of rotatable bonds is 7. The maximum Gasteiger partial charge on any atom is 0.355 e. The van der Waals surface area contributed by atoms with Crippen molar-refractivity contribution >= 4 is 39.0 Å². The Morgan fingerprint density at radius 3 is 2.40 bits per heavy atom. The molecule has 10 nitrogen and oxygen atoms in total. The zero-order chi connectivity index (χ0) is 25.0. The Bertz CT molecular complexity index is 1240. The molecule has 2 aliphatic rings. The van der Waals surface area contributed by atoms with E-state index in [1.54, 1.807) is 24.3 Å². The van der Waals surface area contributed by atoms with Gasteiger partial charge in [0.15, 0.2) is 15.9 Å². The summed E-state index contributed by atoms with van der Waals surface area (Å²) in [5.41, 5.74) is 0.475. The molecule has 35 heavy (non-hydrogen) atoms. The van der Waals surface area contributed by atoms with Gasteiger partial charge < -0.3 is 14.8 Å². The zero-order valence-electron chi connectivity index (χ0n) is 19.0. The number of carbonyl (C=O) groups is 3. The summed E-state index contributed by atoms with van der Waals surface area (Å²) < 4.78 is 34.5. The molecule has 0 radical (unpaired) electrons. The summed E-state index contributed by atoms with van der Waals surface area (Å²) >= 11 is 0. The zero-order valence-corrected chi connectivity index (χ0v) is 19.9. The van der Waals surface area contributed by atoms with E-state index in [0.717, 1.165) is 5.01 Å². The van der Waals surface area contributed by atoms with Gasteiger partial charge in [0.2, 0.25) is 5.91 Å². The van der Waals surface area contributed by atoms with Crippen molar-refractivity contribution in [3.63, 3.8) is 0 Å². The summed E-state index contributed by atoms with van der Waals surface area (Å²) in [6.07, 6.45) is -0.773. The number of esters is 1. The molecule has 1 saturated heterocycles. The Morgan fingerprint density at radius 1 is 1.06 bits per heavy atom. The monoisotopic (exact) mass is 499 g/mol. The summed E-state index contributed by atoms with van der Waals surface area (Å²) in [6.45, 7) is 1.43. The van der Waals surface area contributed by atoms with Crippen molar-refractivity contribution in [2.75, 3.05) is 16.8 Å². The van der Waals surface area contributed by atoms with Gasteiger partial charge in [-0.15, -0.1) is 0 Å². The third-order valence-electron chi connectivity index (χ3n) is 5.60. The minimum Gasteiger partial charge on any atom is -0.457 e. The predicted octanol–water partition coefficient (Wildman–Crippen LogP) is 2.51. The molecule has 0 unspecified atom stereocenters. The van der Waals surface area contributed by atoms with Crippen LogP contribution in [0.1, 0.15) is 26.2 Å². The van der Waals surface area contributed by atoms with Crippen molar-refractivity contribution in [2.24, 2.45) is 5.10 Å². The van der Waals surface area contributed by atoms with Crippen LogP contribution in [0.15, 0.2) is 59.7 Å². The molecule has 0 bridgehead atoms. The molecular weight excluding hydrogens is 474 g/mol. The molecule has 0 saturated carbocycles. The maximum atomic E-state index is 12.6. The molecule has 4 rings (SSSR count). The Hall–Kier alpha value is -3.73. The molecule has 2 aliphatic heterocycles. The fourth-order valence-corrected chi connectivity index (χ4v) is 5.42. The average molecular weight is 500 g/mol. The number of ether oxygens (including phenoxy) is 2. The minimum absolute atomic E-state index is 0.0163. The summed E-state index contributed by atoms with van der Waals surface area (Å²) in [6, 6.07) is 15.4. The van der Waals surface area contributed by atoms with Crippen LogP contribution in [0.4, 0.5) is 5.69 Å². The molecule has 2 atom stereocenters.